The Kier molecular flexibility index (Phi) is 4.24. The minimum Gasteiger partial charge on any atom is -0.390 e. The Hall–Kier alpha value is -0.930. The Morgan fingerprint density at radius 3 is 2.27 bits per heavy atom. The Morgan fingerprint density at radius 2 is 1.87 bits per heavy atom. The van der Waals surface area contributed by atoms with Crippen molar-refractivity contribution in [3.8, 4) is 0 Å². The van der Waals surface area contributed by atoms with E-state index in [0.29, 0.717) is 21.4 Å². The third kappa shape index (κ3) is 2.76. The van der Waals surface area contributed by atoms with Crippen LogP contribution in [0.2, 0.25) is 10.0 Å². The Labute approximate surface area is 99.2 Å². The van der Waals surface area contributed by atoms with Gasteiger partial charge >= 0.3 is 0 Å². The van der Waals surface area contributed by atoms with Gasteiger partial charge in [-0.1, -0.05) is 34.4 Å². The van der Waals surface area contributed by atoms with Crippen LogP contribution in [0.25, 0.3) is 0 Å². The highest BCUT2D eigenvalue weighted by atomic mass is 35.5. The summed E-state index contributed by atoms with van der Waals surface area (Å²) in [6, 6.07) is 5.25. The van der Waals surface area contributed by atoms with Gasteiger partial charge < -0.3 is 9.74 Å². The van der Waals surface area contributed by atoms with Crippen molar-refractivity contribution in [2.24, 2.45) is 5.16 Å². The highest BCUT2D eigenvalue weighted by molar-refractivity contribution is 6.40. The molecule has 0 spiro atoms. The van der Waals surface area contributed by atoms with Crippen LogP contribution in [0.3, 0.4) is 0 Å². The van der Waals surface area contributed by atoms with E-state index in [9.17, 15) is 0 Å². The molecule has 1 aromatic carbocycles. The molecule has 0 fully saturated rings. The number of amidine groups is 1. The van der Waals surface area contributed by atoms with Crippen LogP contribution in [0, 0.1) is 7.11 Å². The zero-order chi connectivity index (χ0) is 11.4. The summed E-state index contributed by atoms with van der Waals surface area (Å²) in [5.41, 5.74) is 0.634. The van der Waals surface area contributed by atoms with Crippen molar-refractivity contribution >= 4 is 29.0 Å². The molecule has 15 heavy (non-hydrogen) atoms. The fourth-order valence-electron chi connectivity index (χ4n) is 1.12. The second kappa shape index (κ2) is 5.24. The topological polar surface area (TPSA) is 24.8 Å². The molecule has 1 aromatic rings. The van der Waals surface area contributed by atoms with E-state index in [-0.39, 0.29) is 0 Å². The summed E-state index contributed by atoms with van der Waals surface area (Å²) < 4.78 is 0. The summed E-state index contributed by atoms with van der Waals surface area (Å²) in [7, 11) is 6.83. The van der Waals surface area contributed by atoms with Crippen LogP contribution in [0.4, 0.5) is 0 Å². The molecule has 0 heterocycles. The fraction of sp³-hybridized carbons (Fsp3) is 0.200. The summed E-state index contributed by atoms with van der Waals surface area (Å²) in [5, 5.41) is 4.82. The van der Waals surface area contributed by atoms with Crippen molar-refractivity contribution < 1.29 is 4.84 Å². The first-order valence-corrected chi connectivity index (χ1v) is 4.94. The Bertz CT molecular complexity index is 357. The number of halogens is 2. The second-order valence-electron chi connectivity index (χ2n) is 3.04. The largest absolute Gasteiger partial charge is 0.390 e. The number of oxime groups is 1. The van der Waals surface area contributed by atoms with Gasteiger partial charge in [0.1, 0.15) is 0 Å². The van der Waals surface area contributed by atoms with Gasteiger partial charge in [-0.3, -0.25) is 0 Å². The van der Waals surface area contributed by atoms with Crippen LogP contribution in [0.5, 0.6) is 0 Å². The van der Waals surface area contributed by atoms with E-state index in [4.69, 9.17) is 23.2 Å². The summed E-state index contributed by atoms with van der Waals surface area (Å²) in [5.74, 6) is 0.528. The van der Waals surface area contributed by atoms with Gasteiger partial charge in [0.25, 0.3) is 0 Å². The van der Waals surface area contributed by atoms with Gasteiger partial charge in [-0.25, -0.2) is 0 Å². The summed E-state index contributed by atoms with van der Waals surface area (Å²) >= 11 is 12.1. The first-order chi connectivity index (χ1) is 7.07. The molecule has 0 bridgehead atoms. The van der Waals surface area contributed by atoms with Crippen LogP contribution in [-0.2, 0) is 4.84 Å². The molecule has 0 aliphatic carbocycles. The highest BCUT2D eigenvalue weighted by Gasteiger charge is 2.14. The van der Waals surface area contributed by atoms with E-state index in [1.807, 2.05) is 14.1 Å². The van der Waals surface area contributed by atoms with Gasteiger partial charge in [-0.2, -0.15) is 0 Å². The fourth-order valence-corrected chi connectivity index (χ4v) is 1.69. The predicted molar refractivity (Wildman–Crippen MR) is 63.1 cm³/mol. The summed E-state index contributed by atoms with van der Waals surface area (Å²) in [4.78, 5) is 6.26. The third-order valence-corrected chi connectivity index (χ3v) is 2.39. The normalized spacial score (nSPS) is 11.4. The van der Waals surface area contributed by atoms with Gasteiger partial charge in [-0.15, -0.1) is 0 Å². The van der Waals surface area contributed by atoms with Gasteiger partial charge in [0, 0.05) is 14.1 Å². The number of hydrogen-bond acceptors (Lipinski definition) is 2. The van der Waals surface area contributed by atoms with Crippen LogP contribution in [0.15, 0.2) is 23.4 Å². The molecule has 0 aliphatic rings. The van der Waals surface area contributed by atoms with E-state index >= 15 is 0 Å². The van der Waals surface area contributed by atoms with E-state index in [0.717, 1.165) is 0 Å². The molecule has 0 atom stereocenters. The van der Waals surface area contributed by atoms with Crippen LogP contribution in [-0.4, -0.2) is 24.8 Å². The zero-order valence-electron chi connectivity index (χ0n) is 8.50. The Morgan fingerprint density at radius 1 is 1.33 bits per heavy atom. The van der Waals surface area contributed by atoms with Crippen molar-refractivity contribution in [2.45, 2.75) is 0 Å². The lowest BCUT2D eigenvalue weighted by molar-refractivity contribution is 0.254. The third-order valence-electron chi connectivity index (χ3n) is 1.76. The molecule has 0 N–H and O–H groups in total. The predicted octanol–water partition coefficient (Wildman–Crippen LogP) is 3.02. The molecule has 0 unspecified atom stereocenters. The molecule has 0 amide bonds. The van der Waals surface area contributed by atoms with Crippen molar-refractivity contribution in [3.05, 3.63) is 40.9 Å². The van der Waals surface area contributed by atoms with Crippen molar-refractivity contribution in [2.75, 3.05) is 14.1 Å². The molecular weight excluding hydrogens is 235 g/mol. The van der Waals surface area contributed by atoms with Crippen LogP contribution < -0.4 is 0 Å². The lowest BCUT2D eigenvalue weighted by Crippen LogP contribution is -2.24. The standard InChI is InChI=1S/C10H11Cl2N2O/c1-14(2)10(13-15-3)9-7(11)5-4-6-8(9)12/h4-6H,3H2,1-2H3/b13-10-. The van der Waals surface area contributed by atoms with E-state index < -0.39 is 0 Å². The average Bonchev–Trinajstić information content (AvgIpc) is 2.15. The second-order valence-corrected chi connectivity index (χ2v) is 3.85. The van der Waals surface area contributed by atoms with Crippen molar-refractivity contribution in [1.82, 2.24) is 4.90 Å². The van der Waals surface area contributed by atoms with Gasteiger partial charge in [0.15, 0.2) is 12.9 Å². The highest BCUT2D eigenvalue weighted by Crippen LogP contribution is 2.25. The maximum absolute atomic E-state index is 6.04. The summed E-state index contributed by atoms with van der Waals surface area (Å²) in [6.07, 6.45) is 0. The lowest BCUT2D eigenvalue weighted by atomic mass is 10.2. The van der Waals surface area contributed by atoms with E-state index in [1.165, 1.54) is 0 Å². The molecule has 1 radical (unpaired) electrons. The molecule has 81 valence electrons. The molecule has 0 aliphatic heterocycles. The van der Waals surface area contributed by atoms with Gasteiger partial charge in [-0.05, 0) is 12.1 Å². The zero-order valence-corrected chi connectivity index (χ0v) is 10.0. The molecule has 3 nitrogen and oxygen atoms in total. The van der Waals surface area contributed by atoms with E-state index in [2.05, 4.69) is 17.1 Å². The van der Waals surface area contributed by atoms with Crippen molar-refractivity contribution in [1.29, 1.82) is 0 Å². The number of benzene rings is 1. The monoisotopic (exact) mass is 245 g/mol. The molecule has 0 aromatic heterocycles. The van der Waals surface area contributed by atoms with Crippen molar-refractivity contribution in [3.63, 3.8) is 0 Å². The first kappa shape index (κ1) is 12.1. The minimum absolute atomic E-state index is 0.520. The van der Waals surface area contributed by atoms with Gasteiger partial charge in [0.2, 0.25) is 0 Å². The quantitative estimate of drug-likeness (QED) is 0.455. The summed E-state index contributed by atoms with van der Waals surface area (Å²) in [6.45, 7) is 0. The number of rotatable bonds is 2. The smallest absolute Gasteiger partial charge is 0.177 e. The first-order valence-electron chi connectivity index (χ1n) is 4.18. The Balaban J connectivity index is 3.29. The molecule has 5 heteroatoms. The minimum atomic E-state index is 0.520. The van der Waals surface area contributed by atoms with Crippen LogP contribution in [0.1, 0.15) is 5.56 Å². The number of hydrogen-bond donors (Lipinski definition) is 0. The molecule has 1 rings (SSSR count). The maximum atomic E-state index is 6.04. The maximum Gasteiger partial charge on any atom is 0.177 e. The van der Waals surface area contributed by atoms with E-state index in [1.54, 1.807) is 23.1 Å². The van der Waals surface area contributed by atoms with Crippen LogP contribution >= 0.6 is 23.2 Å². The average molecular weight is 246 g/mol. The lowest BCUT2D eigenvalue weighted by Gasteiger charge is -2.16. The SMILES string of the molecule is [CH2]O/N=C(/c1c(Cl)cccc1Cl)N(C)C. The van der Waals surface area contributed by atoms with Gasteiger partial charge in [0.05, 0.1) is 15.6 Å². The number of nitrogens with zero attached hydrogens (tertiary/aromatic N) is 2. The molecule has 0 saturated heterocycles. The molecular formula is C10H11Cl2N2O. The molecule has 0 saturated carbocycles.